The molecule has 0 saturated heterocycles. The molecule has 1 unspecified atom stereocenters. The lowest BCUT2D eigenvalue weighted by Crippen LogP contribution is -2.39. The number of nitrogens with zero attached hydrogens (tertiary/aromatic N) is 3. The normalized spacial score (nSPS) is 15.6. The van der Waals surface area contributed by atoms with Gasteiger partial charge in [-0.05, 0) is 30.5 Å². The molecule has 1 atom stereocenters. The second-order valence-corrected chi connectivity index (χ2v) is 9.59. The third-order valence-electron chi connectivity index (χ3n) is 5.48. The van der Waals surface area contributed by atoms with E-state index in [9.17, 15) is 19.7 Å². The Balaban J connectivity index is 1.61. The highest BCUT2D eigenvalue weighted by atomic mass is 32.1. The van der Waals surface area contributed by atoms with E-state index in [4.69, 9.17) is 9.15 Å². The van der Waals surface area contributed by atoms with Gasteiger partial charge < -0.3 is 9.15 Å². The van der Waals surface area contributed by atoms with Gasteiger partial charge in [0.1, 0.15) is 17.6 Å². The summed E-state index contributed by atoms with van der Waals surface area (Å²) >= 11 is 2.63. The van der Waals surface area contributed by atoms with Gasteiger partial charge in [-0.3, -0.25) is 19.5 Å². The Bertz CT molecular complexity index is 1670. The number of carbonyl (C=O) groups excluding carboxylic acids is 1. The van der Waals surface area contributed by atoms with Crippen molar-refractivity contribution >= 4 is 40.4 Å². The Labute approximate surface area is 205 Å². The van der Waals surface area contributed by atoms with Crippen molar-refractivity contribution in [1.29, 1.82) is 0 Å². The Hall–Kier alpha value is -4.09. The molecule has 5 rings (SSSR count). The molecule has 176 valence electrons. The molecule has 9 nitrogen and oxygen atoms in total. The molecule has 1 aliphatic rings. The van der Waals surface area contributed by atoms with Crippen molar-refractivity contribution in [1.82, 2.24) is 4.57 Å². The smallest absolute Gasteiger partial charge is 0.338 e. The van der Waals surface area contributed by atoms with Gasteiger partial charge in [-0.25, -0.2) is 9.79 Å². The maximum absolute atomic E-state index is 13.5. The summed E-state index contributed by atoms with van der Waals surface area (Å²) < 4.78 is 12.7. The molecule has 1 aromatic carbocycles. The summed E-state index contributed by atoms with van der Waals surface area (Å²) in [5.41, 5.74) is 1.01. The summed E-state index contributed by atoms with van der Waals surface area (Å²) in [7, 11) is 1.30. The summed E-state index contributed by atoms with van der Waals surface area (Å²) in [6, 6.07) is 12.6. The van der Waals surface area contributed by atoms with Gasteiger partial charge in [-0.2, -0.15) is 0 Å². The standard InChI is InChI=1S/C24H17N3O6S2/c1-13-20(23(29)32-2)21(18-7-4-10-34-18)26-22(28)19(35-24(26)25-13)12-16-8-9-17(33-16)14-5-3-6-15(11-14)27(30)31/h3-12,21H,1-2H3. The summed E-state index contributed by atoms with van der Waals surface area (Å²) in [6.07, 6.45) is 1.60. The number of thiophene rings is 1. The predicted octanol–water partition coefficient (Wildman–Crippen LogP) is 3.64. The van der Waals surface area contributed by atoms with Crippen LogP contribution >= 0.6 is 22.7 Å². The number of allylic oxidation sites excluding steroid dienone is 1. The minimum atomic E-state index is -0.641. The second-order valence-electron chi connectivity index (χ2n) is 7.60. The monoisotopic (exact) mass is 507 g/mol. The van der Waals surface area contributed by atoms with E-state index in [1.165, 1.54) is 46.5 Å². The van der Waals surface area contributed by atoms with Crippen LogP contribution in [-0.4, -0.2) is 22.6 Å². The number of benzene rings is 1. The molecule has 0 amide bonds. The van der Waals surface area contributed by atoms with Crippen molar-refractivity contribution in [3.8, 4) is 11.3 Å². The second kappa shape index (κ2) is 8.93. The average Bonchev–Trinajstić information content (AvgIpc) is 3.60. The number of furan rings is 1. The van der Waals surface area contributed by atoms with E-state index in [1.54, 1.807) is 37.3 Å². The molecular formula is C24H17N3O6S2. The maximum Gasteiger partial charge on any atom is 0.338 e. The molecule has 1 aliphatic heterocycles. The van der Waals surface area contributed by atoms with Crippen LogP contribution in [0.25, 0.3) is 17.4 Å². The number of nitro groups is 1. The lowest BCUT2D eigenvalue weighted by molar-refractivity contribution is -0.384. The molecule has 4 aromatic rings. The fraction of sp³-hybridized carbons (Fsp3) is 0.125. The summed E-state index contributed by atoms with van der Waals surface area (Å²) in [5, 5.41) is 13.0. The number of fused-ring (bicyclic) bond motifs is 1. The van der Waals surface area contributed by atoms with Crippen LogP contribution < -0.4 is 14.9 Å². The quantitative estimate of drug-likeness (QED) is 0.231. The molecule has 0 aliphatic carbocycles. The Morgan fingerprint density at radius 1 is 1.26 bits per heavy atom. The highest BCUT2D eigenvalue weighted by Gasteiger charge is 2.33. The summed E-state index contributed by atoms with van der Waals surface area (Å²) in [4.78, 5) is 42.5. The van der Waals surface area contributed by atoms with Gasteiger partial charge in [0.05, 0.1) is 27.8 Å². The molecule has 3 aromatic heterocycles. The number of ether oxygens (including phenoxy) is 1. The number of hydrogen-bond donors (Lipinski definition) is 0. The lowest BCUT2D eigenvalue weighted by atomic mass is 10.0. The molecule has 0 radical (unpaired) electrons. The van der Waals surface area contributed by atoms with Crippen LogP contribution in [0, 0.1) is 10.1 Å². The Morgan fingerprint density at radius 2 is 2.09 bits per heavy atom. The van der Waals surface area contributed by atoms with Gasteiger partial charge in [0.2, 0.25) is 0 Å². The number of aromatic nitrogens is 1. The molecule has 4 heterocycles. The topological polar surface area (TPSA) is 117 Å². The van der Waals surface area contributed by atoms with E-state index < -0.39 is 16.9 Å². The van der Waals surface area contributed by atoms with E-state index in [-0.39, 0.29) is 11.2 Å². The zero-order chi connectivity index (χ0) is 24.7. The van der Waals surface area contributed by atoms with Gasteiger partial charge in [0, 0.05) is 28.6 Å². The largest absolute Gasteiger partial charge is 0.466 e. The molecule has 35 heavy (non-hydrogen) atoms. The van der Waals surface area contributed by atoms with E-state index in [2.05, 4.69) is 4.99 Å². The number of carbonyl (C=O) groups is 1. The molecule has 0 spiro atoms. The van der Waals surface area contributed by atoms with Crippen molar-refractivity contribution in [2.24, 2.45) is 4.99 Å². The molecule has 0 saturated carbocycles. The van der Waals surface area contributed by atoms with Crippen LogP contribution in [0.5, 0.6) is 0 Å². The maximum atomic E-state index is 13.5. The number of rotatable bonds is 5. The predicted molar refractivity (Wildman–Crippen MR) is 131 cm³/mol. The molecule has 0 fully saturated rings. The Morgan fingerprint density at radius 3 is 2.80 bits per heavy atom. The van der Waals surface area contributed by atoms with Gasteiger partial charge in [0.25, 0.3) is 11.2 Å². The molecule has 0 bridgehead atoms. The number of esters is 1. The minimum absolute atomic E-state index is 0.0425. The van der Waals surface area contributed by atoms with E-state index in [1.807, 2.05) is 17.5 Å². The van der Waals surface area contributed by atoms with E-state index in [0.29, 0.717) is 37.7 Å². The summed E-state index contributed by atoms with van der Waals surface area (Å²) in [6.45, 7) is 1.72. The van der Waals surface area contributed by atoms with Crippen molar-refractivity contribution in [2.45, 2.75) is 13.0 Å². The number of non-ortho nitro benzene ring substituents is 1. The van der Waals surface area contributed by atoms with Crippen LogP contribution in [0.15, 0.2) is 79.4 Å². The van der Waals surface area contributed by atoms with Gasteiger partial charge in [-0.15, -0.1) is 11.3 Å². The first-order chi connectivity index (χ1) is 16.9. The van der Waals surface area contributed by atoms with Crippen LogP contribution in [-0.2, 0) is 9.53 Å². The van der Waals surface area contributed by atoms with Gasteiger partial charge in [-0.1, -0.05) is 29.5 Å². The molecular weight excluding hydrogens is 490 g/mol. The fourth-order valence-electron chi connectivity index (χ4n) is 3.90. The number of hydrogen-bond acceptors (Lipinski definition) is 9. The highest BCUT2D eigenvalue weighted by Crippen LogP contribution is 2.33. The third-order valence-corrected chi connectivity index (χ3v) is 7.39. The zero-order valence-corrected chi connectivity index (χ0v) is 20.1. The van der Waals surface area contributed by atoms with Crippen LogP contribution in [0.1, 0.15) is 23.6 Å². The number of nitro benzene ring substituents is 1. The van der Waals surface area contributed by atoms with Crippen molar-refractivity contribution in [3.05, 3.63) is 106 Å². The van der Waals surface area contributed by atoms with Crippen molar-refractivity contribution < 1.29 is 18.9 Å². The van der Waals surface area contributed by atoms with Crippen molar-refractivity contribution in [3.63, 3.8) is 0 Å². The van der Waals surface area contributed by atoms with Gasteiger partial charge >= 0.3 is 5.97 Å². The highest BCUT2D eigenvalue weighted by molar-refractivity contribution is 7.10. The summed E-state index contributed by atoms with van der Waals surface area (Å²) in [5.74, 6) is 0.313. The third kappa shape index (κ3) is 4.04. The zero-order valence-electron chi connectivity index (χ0n) is 18.5. The SMILES string of the molecule is COC(=O)C1=C(C)N=c2sc(=Cc3ccc(-c4cccc([N+](=O)[O-])c4)o3)c(=O)n2C1c1cccs1. The first-order valence-corrected chi connectivity index (χ1v) is 12.1. The van der Waals surface area contributed by atoms with Gasteiger partial charge in [0.15, 0.2) is 4.80 Å². The van der Waals surface area contributed by atoms with E-state index >= 15 is 0 Å². The van der Waals surface area contributed by atoms with Crippen molar-refractivity contribution in [2.75, 3.05) is 7.11 Å². The van der Waals surface area contributed by atoms with Crippen LogP contribution in [0.4, 0.5) is 5.69 Å². The first kappa shape index (κ1) is 22.7. The average molecular weight is 508 g/mol. The fourth-order valence-corrected chi connectivity index (χ4v) is 5.75. The number of thiazole rings is 1. The molecule has 11 heteroatoms. The first-order valence-electron chi connectivity index (χ1n) is 10.4. The number of methoxy groups -OCH3 is 1. The lowest BCUT2D eigenvalue weighted by Gasteiger charge is -2.22. The van der Waals surface area contributed by atoms with E-state index in [0.717, 1.165) is 4.88 Å². The van der Waals surface area contributed by atoms with Crippen LogP contribution in [0.2, 0.25) is 0 Å². The van der Waals surface area contributed by atoms with Crippen LogP contribution in [0.3, 0.4) is 0 Å². The minimum Gasteiger partial charge on any atom is -0.466 e. The Kier molecular flexibility index (Phi) is 5.79. The molecule has 0 N–H and O–H groups in total.